The predicted octanol–water partition coefficient (Wildman–Crippen LogP) is 3.09. The minimum Gasteiger partial charge on any atom is -0.461 e. The van der Waals surface area contributed by atoms with Gasteiger partial charge in [-0.25, -0.2) is 18.7 Å². The summed E-state index contributed by atoms with van der Waals surface area (Å²) >= 11 is 0. The van der Waals surface area contributed by atoms with E-state index in [-0.39, 0.29) is 28.8 Å². The summed E-state index contributed by atoms with van der Waals surface area (Å²) in [5.74, 6) is -0.726. The number of nitrogens with two attached hydrogens (primary N) is 1. The van der Waals surface area contributed by atoms with Crippen molar-refractivity contribution in [3.05, 3.63) is 47.7 Å². The van der Waals surface area contributed by atoms with Crippen LogP contribution < -0.4 is 20.5 Å². The number of amidine groups is 1. The molecule has 178 valence electrons. The first-order chi connectivity index (χ1) is 15.5. The minimum atomic E-state index is -2.48. The van der Waals surface area contributed by atoms with Gasteiger partial charge in [0.15, 0.2) is 0 Å². The first-order valence-corrected chi connectivity index (χ1v) is 12.0. The van der Waals surface area contributed by atoms with Gasteiger partial charge < -0.3 is 20.3 Å². The molecule has 4 rings (SSSR count). The maximum Gasteiger partial charge on any atom is 0.275 e. The van der Waals surface area contributed by atoms with Crippen molar-refractivity contribution in [2.75, 3.05) is 18.7 Å². The molecule has 12 heteroatoms. The maximum absolute atomic E-state index is 15.0. The average Bonchev–Trinajstić information content (AvgIpc) is 3.19. The second kappa shape index (κ2) is 8.19. The monoisotopic (exact) mass is 480 g/mol. The largest absolute Gasteiger partial charge is 0.461 e. The summed E-state index contributed by atoms with van der Waals surface area (Å²) in [6, 6.07) is 5.29. The Labute approximate surface area is 191 Å². The van der Waals surface area contributed by atoms with Crippen molar-refractivity contribution in [1.29, 1.82) is 0 Å². The van der Waals surface area contributed by atoms with Gasteiger partial charge in [0.25, 0.3) is 5.91 Å². The van der Waals surface area contributed by atoms with Crippen LogP contribution in [0.2, 0.25) is 0 Å². The average molecular weight is 481 g/mol. The molecule has 0 saturated carbocycles. The first kappa shape index (κ1) is 23.3. The van der Waals surface area contributed by atoms with E-state index in [9.17, 15) is 13.7 Å². The van der Waals surface area contributed by atoms with Gasteiger partial charge in [0.05, 0.1) is 16.2 Å². The molecule has 1 unspecified atom stereocenters. The second-order valence-electron chi connectivity index (χ2n) is 8.57. The summed E-state index contributed by atoms with van der Waals surface area (Å²) < 4.78 is 45.9. The van der Waals surface area contributed by atoms with Crippen LogP contribution in [0, 0.1) is 5.82 Å². The molecule has 5 N–H and O–H groups in total. The first-order valence-electron chi connectivity index (χ1n) is 10.3. The van der Waals surface area contributed by atoms with Gasteiger partial charge in [-0.1, -0.05) is 10.5 Å². The third-order valence-corrected chi connectivity index (χ3v) is 10.2. The van der Waals surface area contributed by atoms with Crippen molar-refractivity contribution in [2.45, 2.75) is 42.7 Å². The lowest BCUT2D eigenvalue weighted by molar-refractivity contribution is 0.102. The number of aromatic nitrogens is 2. The maximum atomic E-state index is 15.0. The molecule has 2 aliphatic heterocycles. The van der Waals surface area contributed by atoms with E-state index in [4.69, 9.17) is 5.73 Å². The van der Waals surface area contributed by atoms with E-state index in [1.807, 2.05) is 13.8 Å². The number of fused-ring (bicyclic) bond motifs is 1. The summed E-state index contributed by atoms with van der Waals surface area (Å²) in [6.07, 6.45) is 1.79. The zero-order valence-corrected chi connectivity index (χ0v) is 19.2. The fourth-order valence-corrected chi connectivity index (χ4v) is 7.65. The van der Waals surface area contributed by atoms with Crippen molar-refractivity contribution >= 4 is 28.1 Å². The Kier molecular flexibility index (Phi) is 5.79. The van der Waals surface area contributed by atoms with Crippen LogP contribution >= 0.6 is 10.5 Å². The SMILES string of the molecule is CC1(C)C(N)=N[C@](C)(c2nc(NC(=O)c3ccc(OCF)cn3)ccc2F)[C@@H]2CCNS21O. The van der Waals surface area contributed by atoms with Crippen molar-refractivity contribution in [2.24, 2.45) is 10.7 Å². The molecule has 1 fully saturated rings. The van der Waals surface area contributed by atoms with Gasteiger partial charge in [-0.05, 0) is 51.5 Å². The molecule has 2 aromatic rings. The number of hydrogen-bond acceptors (Lipinski definition) is 8. The summed E-state index contributed by atoms with van der Waals surface area (Å²) in [4.78, 5) is 25.5. The molecule has 1 amide bonds. The number of pyridine rings is 2. The molecule has 3 atom stereocenters. The van der Waals surface area contributed by atoms with E-state index < -0.39 is 44.6 Å². The third kappa shape index (κ3) is 3.71. The predicted molar refractivity (Wildman–Crippen MR) is 123 cm³/mol. The zero-order valence-electron chi connectivity index (χ0n) is 18.4. The molecule has 0 bridgehead atoms. The molecule has 0 spiro atoms. The summed E-state index contributed by atoms with van der Waals surface area (Å²) in [7, 11) is -2.48. The molecular formula is C21H26F2N6O3S. The van der Waals surface area contributed by atoms with Crippen molar-refractivity contribution in [3.8, 4) is 5.75 Å². The fraction of sp³-hybridized carbons (Fsp3) is 0.429. The Hall–Kier alpha value is -2.83. The Bertz CT molecular complexity index is 1120. The van der Waals surface area contributed by atoms with Crippen molar-refractivity contribution in [1.82, 2.24) is 14.7 Å². The lowest BCUT2D eigenvalue weighted by Gasteiger charge is -2.55. The van der Waals surface area contributed by atoms with Gasteiger partial charge in [0.2, 0.25) is 6.86 Å². The number of rotatable bonds is 5. The molecule has 1 saturated heterocycles. The standard InChI is InChI=1S/C21H26F2N6O3S/c1-20(2)19(24)29-21(3,15-8-9-26-33(15,20)31)17-13(23)5-7-16(27-17)28-18(30)14-6-4-12(10-25-14)32-11-22/h4-7,10,15,26,31H,8-9,11H2,1-3H3,(H2,24,29)(H,27,28,30)/t15-,21-/m0/s1. The zero-order chi connectivity index (χ0) is 24.0. The smallest absolute Gasteiger partial charge is 0.275 e. The van der Waals surface area contributed by atoms with Crippen LogP contribution in [0.15, 0.2) is 35.5 Å². The molecule has 0 radical (unpaired) electrons. The van der Waals surface area contributed by atoms with Gasteiger partial charge >= 0.3 is 0 Å². The van der Waals surface area contributed by atoms with Gasteiger partial charge in [-0.15, -0.1) is 0 Å². The molecule has 33 heavy (non-hydrogen) atoms. The molecule has 2 aromatic heterocycles. The Morgan fingerprint density at radius 2 is 2.12 bits per heavy atom. The van der Waals surface area contributed by atoms with Gasteiger partial charge in [-0.2, -0.15) is 0 Å². The number of anilines is 1. The topological polar surface area (TPSA) is 135 Å². The van der Waals surface area contributed by atoms with Gasteiger partial charge in [0, 0.05) is 6.54 Å². The number of carbonyl (C=O) groups is 1. The Morgan fingerprint density at radius 3 is 2.79 bits per heavy atom. The quantitative estimate of drug-likeness (QED) is 0.516. The molecule has 0 aliphatic carbocycles. The van der Waals surface area contributed by atoms with Gasteiger partial charge in [-0.3, -0.25) is 14.5 Å². The van der Waals surface area contributed by atoms with E-state index in [1.165, 1.54) is 30.5 Å². The number of hydrogen-bond donors (Lipinski definition) is 4. The summed E-state index contributed by atoms with van der Waals surface area (Å²) in [6.45, 7) is 4.88. The number of nitrogens with zero attached hydrogens (tertiary/aromatic N) is 3. The summed E-state index contributed by atoms with van der Waals surface area (Å²) in [5, 5.41) is 2.16. The number of carbonyl (C=O) groups excluding carboxylic acids is 1. The van der Waals surface area contributed by atoms with E-state index in [1.54, 1.807) is 6.92 Å². The molecule has 9 nitrogen and oxygen atoms in total. The lowest BCUT2D eigenvalue weighted by atomic mass is 9.90. The number of nitrogens with one attached hydrogen (secondary N) is 2. The Morgan fingerprint density at radius 1 is 1.36 bits per heavy atom. The van der Waals surface area contributed by atoms with Crippen LogP contribution in [-0.4, -0.2) is 49.7 Å². The highest BCUT2D eigenvalue weighted by atomic mass is 32.3. The van der Waals surface area contributed by atoms with Crippen molar-refractivity contribution < 1.29 is 22.9 Å². The highest BCUT2D eigenvalue weighted by Crippen LogP contribution is 2.67. The molecule has 2 aliphatic rings. The number of aliphatic imine (C=N–C) groups is 1. The normalized spacial score (nSPS) is 30.0. The highest BCUT2D eigenvalue weighted by molar-refractivity contribution is 8.29. The molecule has 0 aromatic carbocycles. The van der Waals surface area contributed by atoms with E-state index in [2.05, 4.69) is 29.7 Å². The van der Waals surface area contributed by atoms with E-state index in [0.29, 0.717) is 13.0 Å². The van der Waals surface area contributed by atoms with Crippen molar-refractivity contribution in [3.63, 3.8) is 0 Å². The Balaban J connectivity index is 1.67. The summed E-state index contributed by atoms with van der Waals surface area (Å²) in [5.41, 5.74) is 5.05. The number of ether oxygens (including phenoxy) is 1. The van der Waals surface area contributed by atoms with Crippen LogP contribution in [0.4, 0.5) is 14.6 Å². The lowest BCUT2D eigenvalue weighted by Crippen LogP contribution is -2.57. The number of amides is 1. The van der Waals surface area contributed by atoms with Gasteiger partial charge in [0.1, 0.15) is 40.1 Å². The fourth-order valence-electron chi connectivity index (χ4n) is 4.30. The van der Waals surface area contributed by atoms with Crippen LogP contribution in [0.5, 0.6) is 5.75 Å². The third-order valence-electron chi connectivity index (χ3n) is 6.27. The van der Waals surface area contributed by atoms with Crippen LogP contribution in [-0.2, 0) is 5.54 Å². The second-order valence-corrected chi connectivity index (χ2v) is 11.7. The van der Waals surface area contributed by atoms with Crippen LogP contribution in [0.1, 0.15) is 43.4 Å². The highest BCUT2D eigenvalue weighted by Gasteiger charge is 2.61. The van der Waals surface area contributed by atoms with Crippen LogP contribution in [0.3, 0.4) is 0 Å². The molecular weight excluding hydrogens is 454 g/mol. The molecule has 4 heterocycles. The minimum absolute atomic E-state index is 0.0157. The van der Waals surface area contributed by atoms with E-state index >= 15 is 4.39 Å². The van der Waals surface area contributed by atoms with Crippen LogP contribution in [0.25, 0.3) is 0 Å². The van der Waals surface area contributed by atoms with E-state index in [0.717, 1.165) is 0 Å². The number of alkyl halides is 1. The number of halogens is 2.